The first-order valence-electron chi connectivity index (χ1n) is 16.5. The molecule has 1 aromatic heterocycles. The van der Waals surface area contributed by atoms with E-state index in [0.717, 1.165) is 12.1 Å². The van der Waals surface area contributed by atoms with Crippen LogP contribution in [-0.2, 0) is 10.9 Å². The van der Waals surface area contributed by atoms with Crippen LogP contribution in [0.3, 0.4) is 0 Å². The van der Waals surface area contributed by atoms with Crippen LogP contribution >= 0.6 is 11.3 Å². The molecule has 2 heterocycles. The Morgan fingerprint density at radius 2 is 1.62 bits per heavy atom. The Hall–Kier alpha value is -5.38. The first-order chi connectivity index (χ1) is 24.5. The van der Waals surface area contributed by atoms with Crippen LogP contribution in [0, 0.1) is 6.92 Å². The van der Waals surface area contributed by atoms with E-state index in [1.54, 1.807) is 65.0 Å². The number of anilines is 3. The smallest absolute Gasteiger partial charge is 0.416 e. The summed E-state index contributed by atoms with van der Waals surface area (Å²) < 4.78 is 53.7. The number of ether oxygens (including phenoxy) is 2. The van der Waals surface area contributed by atoms with Crippen molar-refractivity contribution in [3.63, 3.8) is 0 Å². The minimum atomic E-state index is -4.75. The molecule has 0 saturated carbocycles. The summed E-state index contributed by atoms with van der Waals surface area (Å²) in [6.45, 7) is 9.88. The fraction of sp³-hybridized carbons (Fsp3) is 0.361. The first-order valence-corrected chi connectivity index (χ1v) is 17.3. The Balaban J connectivity index is 1.27. The minimum absolute atomic E-state index is 0.127. The monoisotopic (exact) mass is 740 g/mol. The van der Waals surface area contributed by atoms with Gasteiger partial charge < -0.3 is 30.3 Å². The van der Waals surface area contributed by atoms with Crippen LogP contribution in [0.4, 0.5) is 39.3 Å². The number of likely N-dealkylation sites (tertiary alicyclic amines) is 1. The van der Waals surface area contributed by atoms with Crippen LogP contribution in [-0.4, -0.2) is 65.2 Å². The summed E-state index contributed by atoms with van der Waals surface area (Å²) in [6.07, 6.45) is -4.97. The number of urea groups is 1. The van der Waals surface area contributed by atoms with Crippen LogP contribution < -0.4 is 26.0 Å². The number of hydrogen-bond donors (Lipinski definition) is 4. The van der Waals surface area contributed by atoms with E-state index in [-0.39, 0.29) is 17.0 Å². The van der Waals surface area contributed by atoms with E-state index >= 15 is 0 Å². The summed E-state index contributed by atoms with van der Waals surface area (Å²) in [7, 11) is 0. The predicted molar refractivity (Wildman–Crippen MR) is 192 cm³/mol. The number of aryl methyl sites for hydroxylation is 1. The molecule has 16 heteroatoms. The molecule has 276 valence electrons. The van der Waals surface area contributed by atoms with E-state index in [9.17, 15) is 32.3 Å². The molecular formula is C36H39F3N6O6S. The van der Waals surface area contributed by atoms with E-state index in [1.165, 1.54) is 28.4 Å². The van der Waals surface area contributed by atoms with Gasteiger partial charge in [0, 0.05) is 55.0 Å². The Morgan fingerprint density at radius 1 is 0.904 bits per heavy atom. The van der Waals surface area contributed by atoms with Gasteiger partial charge in [0.1, 0.15) is 17.5 Å². The van der Waals surface area contributed by atoms with Gasteiger partial charge >= 0.3 is 18.3 Å². The van der Waals surface area contributed by atoms with Gasteiger partial charge in [-0.2, -0.15) is 13.2 Å². The molecular weight excluding hydrogens is 701 g/mol. The van der Waals surface area contributed by atoms with E-state index in [4.69, 9.17) is 9.47 Å². The number of rotatable bonds is 8. The Labute approximate surface area is 302 Å². The molecule has 1 aliphatic rings. The second-order valence-electron chi connectivity index (χ2n) is 13.2. The molecule has 0 bridgehead atoms. The summed E-state index contributed by atoms with van der Waals surface area (Å²) in [5.74, 6) is -1.39. The van der Waals surface area contributed by atoms with Crippen molar-refractivity contribution in [3.8, 4) is 5.75 Å². The minimum Gasteiger partial charge on any atom is -0.490 e. The third-order valence-corrected chi connectivity index (χ3v) is 8.78. The number of halogens is 3. The SMILES string of the molecule is CCNC(=O)Nc1nc2ccc(C(=O)Nc3cc(NC(=O)c4cc(OC5CCN(C(=O)OC(C)(C)C)CC5)cc(C(F)(F)F)c4)ccc3C)cc2s1. The lowest BCUT2D eigenvalue weighted by atomic mass is 10.1. The summed E-state index contributed by atoms with van der Waals surface area (Å²) >= 11 is 1.21. The first kappa shape index (κ1) is 37.9. The van der Waals surface area contributed by atoms with Gasteiger partial charge in [-0.3, -0.25) is 14.9 Å². The summed E-state index contributed by atoms with van der Waals surface area (Å²) in [4.78, 5) is 56.7. The molecule has 5 rings (SSSR count). The van der Waals surface area contributed by atoms with Gasteiger partial charge in [0.2, 0.25) is 0 Å². The van der Waals surface area contributed by atoms with Crippen LogP contribution in [0.1, 0.15) is 72.4 Å². The maximum absolute atomic E-state index is 13.9. The highest BCUT2D eigenvalue weighted by molar-refractivity contribution is 7.22. The lowest BCUT2D eigenvalue weighted by Gasteiger charge is -2.33. The lowest BCUT2D eigenvalue weighted by molar-refractivity contribution is -0.137. The number of thiazole rings is 1. The molecule has 4 N–H and O–H groups in total. The third-order valence-electron chi connectivity index (χ3n) is 7.84. The standard InChI is InChI=1S/C36H39F3N6O6S/c1-6-40-32(48)44-33-43-27-10-8-21(17-29(27)52-33)30(46)42-28-19-24(9-7-20(28)2)41-31(47)22-15-23(36(37,38)39)18-26(16-22)50-25-11-13-45(14-12-25)34(49)51-35(3,4)5/h7-10,15-19,25H,6,11-14H2,1-5H3,(H,41,47)(H,42,46)(H2,40,43,44,48). The number of alkyl halides is 3. The van der Waals surface area contributed by atoms with Gasteiger partial charge in [-0.1, -0.05) is 17.4 Å². The number of hydrogen-bond acceptors (Lipinski definition) is 8. The molecule has 0 atom stereocenters. The molecule has 0 radical (unpaired) electrons. The fourth-order valence-electron chi connectivity index (χ4n) is 5.29. The molecule has 1 aliphatic heterocycles. The number of piperidine rings is 1. The van der Waals surface area contributed by atoms with Crippen molar-refractivity contribution in [2.45, 2.75) is 65.3 Å². The molecule has 3 aromatic carbocycles. The summed E-state index contributed by atoms with van der Waals surface area (Å²) in [5.41, 5.74) is 0.208. The fourth-order valence-corrected chi connectivity index (χ4v) is 6.19. The van der Waals surface area contributed by atoms with Crippen molar-refractivity contribution in [2.24, 2.45) is 0 Å². The van der Waals surface area contributed by atoms with Crippen molar-refractivity contribution < 1.29 is 41.8 Å². The highest BCUT2D eigenvalue weighted by atomic mass is 32.1. The van der Waals surface area contributed by atoms with E-state index in [0.29, 0.717) is 64.6 Å². The van der Waals surface area contributed by atoms with Crippen LogP contribution in [0.5, 0.6) is 5.75 Å². The van der Waals surface area contributed by atoms with Gasteiger partial charge in [-0.05, 0) is 88.7 Å². The number of carbonyl (C=O) groups excluding carboxylic acids is 4. The van der Waals surface area contributed by atoms with E-state index in [2.05, 4.69) is 26.3 Å². The topological polar surface area (TPSA) is 151 Å². The van der Waals surface area contributed by atoms with Crippen molar-refractivity contribution in [3.05, 3.63) is 76.9 Å². The Bertz CT molecular complexity index is 1990. The third kappa shape index (κ3) is 9.90. The second kappa shape index (κ2) is 15.5. The van der Waals surface area contributed by atoms with Crippen molar-refractivity contribution >= 4 is 62.0 Å². The molecule has 0 unspecified atom stereocenters. The highest BCUT2D eigenvalue weighted by Gasteiger charge is 2.33. The molecule has 52 heavy (non-hydrogen) atoms. The van der Waals surface area contributed by atoms with Gasteiger partial charge in [0.05, 0.1) is 15.8 Å². The van der Waals surface area contributed by atoms with Gasteiger partial charge in [0.15, 0.2) is 5.13 Å². The van der Waals surface area contributed by atoms with Crippen LogP contribution in [0.25, 0.3) is 10.2 Å². The van der Waals surface area contributed by atoms with E-state index in [1.807, 2.05) is 0 Å². The molecule has 12 nitrogen and oxygen atoms in total. The predicted octanol–water partition coefficient (Wildman–Crippen LogP) is 8.05. The van der Waals surface area contributed by atoms with E-state index < -0.39 is 47.4 Å². The second-order valence-corrected chi connectivity index (χ2v) is 14.2. The number of amides is 5. The molecule has 0 aliphatic carbocycles. The summed E-state index contributed by atoms with van der Waals surface area (Å²) in [5, 5.41) is 11.1. The zero-order chi connectivity index (χ0) is 37.8. The van der Waals surface area contributed by atoms with Gasteiger partial charge in [-0.15, -0.1) is 0 Å². The molecule has 0 spiro atoms. The van der Waals surface area contributed by atoms with Crippen LogP contribution in [0.15, 0.2) is 54.6 Å². The molecule has 4 aromatic rings. The molecule has 5 amide bonds. The van der Waals surface area contributed by atoms with Crippen molar-refractivity contribution in [2.75, 3.05) is 35.6 Å². The zero-order valence-corrected chi connectivity index (χ0v) is 30.0. The Kier molecular flexibility index (Phi) is 11.3. The van der Waals surface area contributed by atoms with Gasteiger partial charge in [-0.25, -0.2) is 14.6 Å². The van der Waals surface area contributed by atoms with Gasteiger partial charge in [0.25, 0.3) is 11.8 Å². The van der Waals surface area contributed by atoms with Crippen molar-refractivity contribution in [1.29, 1.82) is 0 Å². The number of aromatic nitrogens is 1. The maximum atomic E-state index is 13.9. The number of benzene rings is 3. The number of carbonyl (C=O) groups is 4. The molecule has 1 fully saturated rings. The number of fused-ring (bicyclic) bond motifs is 1. The highest BCUT2D eigenvalue weighted by Crippen LogP contribution is 2.34. The Morgan fingerprint density at radius 3 is 2.29 bits per heavy atom. The van der Waals surface area contributed by atoms with Crippen LogP contribution in [0.2, 0.25) is 0 Å². The lowest BCUT2D eigenvalue weighted by Crippen LogP contribution is -2.44. The number of nitrogens with one attached hydrogen (secondary N) is 4. The molecule has 1 saturated heterocycles. The largest absolute Gasteiger partial charge is 0.490 e. The zero-order valence-electron chi connectivity index (χ0n) is 29.2. The maximum Gasteiger partial charge on any atom is 0.416 e. The summed E-state index contributed by atoms with van der Waals surface area (Å²) in [6, 6.07) is 12.1. The number of nitrogens with zero attached hydrogens (tertiary/aromatic N) is 2. The normalized spacial score (nSPS) is 13.7. The average molecular weight is 741 g/mol. The quantitative estimate of drug-likeness (QED) is 0.143. The average Bonchev–Trinajstić information content (AvgIpc) is 3.46. The van der Waals surface area contributed by atoms with Crippen molar-refractivity contribution in [1.82, 2.24) is 15.2 Å².